The molecule has 3 rings (SSSR count). The molecule has 1 aromatic rings. The first-order valence-corrected chi connectivity index (χ1v) is 11.1. The number of carbonyl (C=O) groups excluding carboxylic acids is 1. The second kappa shape index (κ2) is 12.0. The Hall–Kier alpha value is -1.98. The van der Waals surface area contributed by atoms with E-state index in [0.717, 1.165) is 72.1 Å². The summed E-state index contributed by atoms with van der Waals surface area (Å²) in [5, 5.41) is 8.98. The highest BCUT2D eigenvalue weighted by atomic mass is 16.5. The predicted molar refractivity (Wildman–Crippen MR) is 117 cm³/mol. The van der Waals surface area contributed by atoms with Gasteiger partial charge in [0.15, 0.2) is 0 Å². The molecule has 2 heterocycles. The zero-order valence-electron chi connectivity index (χ0n) is 18.3. The average Bonchev–Trinajstić information content (AvgIpc) is 2.77. The Labute approximate surface area is 180 Å². The molecular weight excluding hydrogens is 378 g/mol. The number of carbonyl (C=O) groups is 1. The van der Waals surface area contributed by atoms with Crippen LogP contribution in [-0.2, 0) is 16.1 Å². The highest BCUT2D eigenvalue weighted by molar-refractivity contribution is 5.78. The van der Waals surface area contributed by atoms with E-state index in [0.29, 0.717) is 19.5 Å². The van der Waals surface area contributed by atoms with Crippen molar-refractivity contribution in [3.63, 3.8) is 0 Å². The summed E-state index contributed by atoms with van der Waals surface area (Å²) < 4.78 is 5.40. The van der Waals surface area contributed by atoms with Gasteiger partial charge in [-0.05, 0) is 12.5 Å². The molecule has 1 aromatic carbocycles. The third-order valence-corrected chi connectivity index (χ3v) is 5.95. The molecule has 2 fully saturated rings. The van der Waals surface area contributed by atoms with Crippen molar-refractivity contribution >= 4 is 5.91 Å². The number of aryl methyl sites for hydroxylation is 1. The molecule has 0 aliphatic carbocycles. The number of amides is 1. The van der Waals surface area contributed by atoms with E-state index < -0.39 is 0 Å². The summed E-state index contributed by atoms with van der Waals surface area (Å²) in [6.07, 6.45) is 0.459. The van der Waals surface area contributed by atoms with E-state index in [1.807, 2.05) is 4.90 Å². The predicted octanol–water partition coefficient (Wildman–Crippen LogP) is 1.19. The lowest BCUT2D eigenvalue weighted by Crippen LogP contribution is -2.51. The van der Waals surface area contributed by atoms with Gasteiger partial charge < -0.3 is 9.64 Å². The molecule has 0 saturated carbocycles. The normalized spacial score (nSPS) is 18.5. The van der Waals surface area contributed by atoms with E-state index >= 15 is 0 Å². The molecule has 1 amide bonds. The molecule has 0 unspecified atom stereocenters. The minimum absolute atomic E-state index is 0.185. The van der Waals surface area contributed by atoms with Crippen molar-refractivity contribution in [1.29, 1.82) is 5.26 Å². The van der Waals surface area contributed by atoms with Gasteiger partial charge in [-0.2, -0.15) is 5.26 Å². The highest BCUT2D eigenvalue weighted by Gasteiger charge is 2.23. The van der Waals surface area contributed by atoms with Gasteiger partial charge in [-0.15, -0.1) is 0 Å². The third-order valence-electron chi connectivity index (χ3n) is 5.95. The number of hydrogen-bond donors (Lipinski definition) is 0. The number of nitrogens with zero attached hydrogens (tertiary/aromatic N) is 5. The van der Waals surface area contributed by atoms with Gasteiger partial charge in [-0.25, -0.2) is 0 Å². The summed E-state index contributed by atoms with van der Waals surface area (Å²) in [6, 6.07) is 10.9. The zero-order chi connectivity index (χ0) is 21.2. The van der Waals surface area contributed by atoms with Crippen LogP contribution in [0.15, 0.2) is 24.3 Å². The zero-order valence-corrected chi connectivity index (χ0v) is 18.3. The lowest BCUT2D eigenvalue weighted by Gasteiger charge is -2.36. The van der Waals surface area contributed by atoms with Crippen LogP contribution in [0.4, 0.5) is 0 Å². The second-order valence-corrected chi connectivity index (χ2v) is 8.28. The van der Waals surface area contributed by atoms with Crippen LogP contribution in [0.2, 0.25) is 0 Å². The summed E-state index contributed by atoms with van der Waals surface area (Å²) in [4.78, 5) is 21.8. The molecule has 0 aromatic heterocycles. The number of ether oxygens (including phenoxy) is 1. The van der Waals surface area contributed by atoms with Crippen molar-refractivity contribution in [1.82, 2.24) is 19.6 Å². The summed E-state index contributed by atoms with van der Waals surface area (Å²) in [6.45, 7) is 12.7. The Morgan fingerprint density at radius 2 is 1.87 bits per heavy atom. The maximum Gasteiger partial charge on any atom is 0.236 e. The van der Waals surface area contributed by atoms with Crippen LogP contribution in [0.3, 0.4) is 0 Å². The molecule has 0 bridgehead atoms. The first-order chi connectivity index (χ1) is 14.6. The molecule has 0 atom stereocenters. The molecule has 164 valence electrons. The van der Waals surface area contributed by atoms with Crippen molar-refractivity contribution in [2.75, 3.05) is 78.7 Å². The van der Waals surface area contributed by atoms with Crippen LogP contribution in [0.5, 0.6) is 0 Å². The Morgan fingerprint density at radius 3 is 2.57 bits per heavy atom. The van der Waals surface area contributed by atoms with Crippen LogP contribution >= 0.6 is 0 Å². The second-order valence-electron chi connectivity index (χ2n) is 8.28. The lowest BCUT2D eigenvalue weighted by molar-refractivity contribution is -0.134. The van der Waals surface area contributed by atoms with Crippen molar-refractivity contribution in [2.45, 2.75) is 19.9 Å². The first kappa shape index (κ1) is 22.7. The molecule has 2 aliphatic rings. The highest BCUT2D eigenvalue weighted by Crippen LogP contribution is 2.11. The van der Waals surface area contributed by atoms with E-state index in [1.54, 1.807) is 0 Å². The maximum absolute atomic E-state index is 12.9. The minimum atomic E-state index is 0.185. The molecule has 7 nitrogen and oxygen atoms in total. The molecule has 0 N–H and O–H groups in total. The largest absolute Gasteiger partial charge is 0.379 e. The lowest BCUT2D eigenvalue weighted by atomic mass is 10.1. The van der Waals surface area contributed by atoms with Crippen LogP contribution in [-0.4, -0.2) is 104 Å². The maximum atomic E-state index is 12.9. The molecule has 30 heavy (non-hydrogen) atoms. The van der Waals surface area contributed by atoms with Gasteiger partial charge in [-0.1, -0.05) is 29.8 Å². The number of benzene rings is 1. The van der Waals surface area contributed by atoms with Crippen LogP contribution in [0.25, 0.3) is 0 Å². The molecule has 0 spiro atoms. The van der Waals surface area contributed by atoms with E-state index in [1.165, 1.54) is 11.1 Å². The van der Waals surface area contributed by atoms with Crippen molar-refractivity contribution in [3.05, 3.63) is 35.4 Å². The quantitative estimate of drug-likeness (QED) is 0.606. The van der Waals surface area contributed by atoms with Gasteiger partial charge in [0.2, 0.25) is 5.91 Å². The van der Waals surface area contributed by atoms with Gasteiger partial charge in [0, 0.05) is 71.9 Å². The van der Waals surface area contributed by atoms with Gasteiger partial charge in [0.1, 0.15) is 0 Å². The molecule has 0 radical (unpaired) electrons. The van der Waals surface area contributed by atoms with E-state index in [9.17, 15) is 4.79 Å². The monoisotopic (exact) mass is 413 g/mol. The van der Waals surface area contributed by atoms with Gasteiger partial charge >= 0.3 is 0 Å². The standard InChI is InChI=1S/C23H35N5O2/c1-21-4-2-5-22(18-21)19-27-10-12-28(13-11-27)23(29)20-26(7-3-6-24)9-8-25-14-16-30-17-15-25/h2,4-5,18H,3,7-17,19-20H2,1H3. The number of nitriles is 1. The Bertz CT molecular complexity index is 706. The fraction of sp³-hybridized carbons (Fsp3) is 0.652. The van der Waals surface area contributed by atoms with Crippen LogP contribution in [0, 0.1) is 18.3 Å². The number of rotatable bonds is 9. The van der Waals surface area contributed by atoms with Crippen LogP contribution in [0.1, 0.15) is 17.5 Å². The number of piperazine rings is 1. The summed E-state index contributed by atoms with van der Waals surface area (Å²) in [5.74, 6) is 0.185. The summed E-state index contributed by atoms with van der Waals surface area (Å²) in [7, 11) is 0. The molecule has 2 aliphatic heterocycles. The molecule has 2 saturated heterocycles. The van der Waals surface area contributed by atoms with Crippen molar-refractivity contribution in [2.24, 2.45) is 0 Å². The van der Waals surface area contributed by atoms with E-state index in [-0.39, 0.29) is 5.91 Å². The van der Waals surface area contributed by atoms with Gasteiger partial charge in [-0.3, -0.25) is 19.5 Å². The molecule has 7 heteroatoms. The van der Waals surface area contributed by atoms with Gasteiger partial charge in [0.25, 0.3) is 0 Å². The van der Waals surface area contributed by atoms with E-state index in [4.69, 9.17) is 10.00 Å². The Balaban J connectivity index is 1.43. The smallest absolute Gasteiger partial charge is 0.236 e. The SMILES string of the molecule is Cc1cccc(CN2CCN(C(=O)CN(CCC#N)CCN3CCOCC3)CC2)c1. The van der Waals surface area contributed by atoms with Crippen molar-refractivity contribution in [3.8, 4) is 6.07 Å². The topological polar surface area (TPSA) is 63.0 Å². The fourth-order valence-electron chi connectivity index (χ4n) is 4.10. The van der Waals surface area contributed by atoms with Gasteiger partial charge in [0.05, 0.1) is 25.8 Å². The Morgan fingerprint density at radius 1 is 1.10 bits per heavy atom. The number of morpholine rings is 1. The Kier molecular flexibility index (Phi) is 9.09. The fourth-order valence-corrected chi connectivity index (χ4v) is 4.10. The minimum Gasteiger partial charge on any atom is -0.379 e. The van der Waals surface area contributed by atoms with Crippen molar-refractivity contribution < 1.29 is 9.53 Å². The molecular formula is C23H35N5O2. The van der Waals surface area contributed by atoms with Crippen LogP contribution < -0.4 is 0 Å². The summed E-state index contributed by atoms with van der Waals surface area (Å²) in [5.41, 5.74) is 2.62. The average molecular weight is 414 g/mol. The van der Waals surface area contributed by atoms with E-state index in [2.05, 4.69) is 52.0 Å². The number of hydrogen-bond acceptors (Lipinski definition) is 6. The first-order valence-electron chi connectivity index (χ1n) is 11.1. The summed E-state index contributed by atoms with van der Waals surface area (Å²) >= 11 is 0. The third kappa shape index (κ3) is 7.37.